The fourth-order valence-electron chi connectivity index (χ4n) is 3.41. The maximum atomic E-state index is 11.5. The highest BCUT2D eigenvalue weighted by Crippen LogP contribution is 2.30. The van der Waals surface area contributed by atoms with E-state index in [-0.39, 0.29) is 0 Å². The van der Waals surface area contributed by atoms with Crippen molar-refractivity contribution in [2.24, 2.45) is 0 Å². The van der Waals surface area contributed by atoms with Crippen LogP contribution in [0.5, 0.6) is 5.88 Å². The highest BCUT2D eigenvalue weighted by molar-refractivity contribution is 6.02. The number of carbonyl (C=O) groups excluding carboxylic acids is 1. The van der Waals surface area contributed by atoms with E-state index in [2.05, 4.69) is 29.0 Å². The largest absolute Gasteiger partial charge is 0.475 e. The molecule has 1 saturated heterocycles. The number of rotatable bonds is 6. The monoisotopic (exact) mass is 343 g/mol. The third-order valence-corrected chi connectivity index (χ3v) is 4.40. The fourth-order valence-corrected chi connectivity index (χ4v) is 3.41. The molecule has 2 atom stereocenters. The summed E-state index contributed by atoms with van der Waals surface area (Å²) in [6.07, 6.45) is 0.848. The number of aldehydes is 1. The molecule has 0 radical (unpaired) electrons. The molecule has 0 amide bonds. The number of aromatic nitrogens is 1. The molecule has 25 heavy (non-hydrogen) atoms. The Labute approximate surface area is 148 Å². The van der Waals surface area contributed by atoms with Crippen LogP contribution in [-0.2, 0) is 4.74 Å². The van der Waals surface area contributed by atoms with Crippen molar-refractivity contribution in [1.82, 2.24) is 10.3 Å². The van der Waals surface area contributed by atoms with Crippen molar-refractivity contribution >= 4 is 22.9 Å². The van der Waals surface area contributed by atoms with Crippen molar-refractivity contribution < 1.29 is 14.3 Å². The molecule has 1 aliphatic heterocycles. The van der Waals surface area contributed by atoms with E-state index in [4.69, 9.17) is 9.47 Å². The second-order valence-electron chi connectivity index (χ2n) is 6.55. The fraction of sp³-hybridized carbons (Fsp3) is 0.474. The molecule has 0 aliphatic carbocycles. The van der Waals surface area contributed by atoms with Crippen LogP contribution in [0.3, 0.4) is 0 Å². The van der Waals surface area contributed by atoms with Gasteiger partial charge in [0.05, 0.1) is 12.1 Å². The minimum absolute atomic E-state index is 0.411. The predicted molar refractivity (Wildman–Crippen MR) is 98.8 cm³/mol. The molecule has 0 spiro atoms. The summed E-state index contributed by atoms with van der Waals surface area (Å²) in [6, 6.07) is 8.52. The Morgan fingerprint density at radius 2 is 1.96 bits per heavy atom. The lowest BCUT2D eigenvalue weighted by Crippen LogP contribution is -2.54. The molecule has 0 saturated carbocycles. The van der Waals surface area contributed by atoms with Crippen LogP contribution in [0, 0.1) is 0 Å². The molecule has 6 heteroatoms. The molecule has 3 rings (SSSR count). The zero-order chi connectivity index (χ0) is 17.8. The van der Waals surface area contributed by atoms with E-state index in [9.17, 15) is 4.79 Å². The number of anilines is 1. The number of piperazine rings is 1. The molecule has 1 aromatic heterocycles. The van der Waals surface area contributed by atoms with Gasteiger partial charge in [0.1, 0.15) is 6.61 Å². The number of benzene rings is 1. The molecule has 1 aliphatic rings. The zero-order valence-electron chi connectivity index (χ0n) is 15.0. The van der Waals surface area contributed by atoms with Crippen LogP contribution in [0.2, 0.25) is 0 Å². The summed E-state index contributed by atoms with van der Waals surface area (Å²) in [7, 11) is 1.63. The number of nitrogens with zero attached hydrogens (tertiary/aromatic N) is 2. The third kappa shape index (κ3) is 3.91. The summed E-state index contributed by atoms with van der Waals surface area (Å²) >= 11 is 0. The Kier molecular flexibility index (Phi) is 5.50. The molecule has 2 aromatic rings. The van der Waals surface area contributed by atoms with E-state index in [1.807, 2.05) is 24.3 Å². The van der Waals surface area contributed by atoms with Crippen LogP contribution in [0.4, 0.5) is 5.69 Å². The van der Waals surface area contributed by atoms with Gasteiger partial charge in [0.2, 0.25) is 5.88 Å². The van der Waals surface area contributed by atoms with Crippen molar-refractivity contribution in [2.45, 2.75) is 25.9 Å². The highest BCUT2D eigenvalue weighted by atomic mass is 16.5. The van der Waals surface area contributed by atoms with Gasteiger partial charge in [-0.05, 0) is 32.0 Å². The number of nitrogens with one attached hydrogen (secondary N) is 1. The number of pyridine rings is 1. The molecule has 1 aromatic carbocycles. The van der Waals surface area contributed by atoms with Gasteiger partial charge >= 0.3 is 0 Å². The molecule has 0 bridgehead atoms. The van der Waals surface area contributed by atoms with Gasteiger partial charge in [0.25, 0.3) is 0 Å². The highest BCUT2D eigenvalue weighted by Gasteiger charge is 2.23. The van der Waals surface area contributed by atoms with Crippen LogP contribution >= 0.6 is 0 Å². The van der Waals surface area contributed by atoms with Crippen LogP contribution in [-0.4, -0.2) is 56.8 Å². The number of ether oxygens (including phenoxy) is 2. The second-order valence-corrected chi connectivity index (χ2v) is 6.55. The number of hydrogen-bond acceptors (Lipinski definition) is 6. The van der Waals surface area contributed by atoms with E-state index < -0.39 is 0 Å². The van der Waals surface area contributed by atoms with E-state index in [1.54, 1.807) is 7.11 Å². The molecule has 6 nitrogen and oxygen atoms in total. The van der Waals surface area contributed by atoms with Gasteiger partial charge in [-0.3, -0.25) is 4.79 Å². The van der Waals surface area contributed by atoms with Gasteiger partial charge in [0.15, 0.2) is 6.29 Å². The lowest BCUT2D eigenvalue weighted by atomic mass is 10.0. The van der Waals surface area contributed by atoms with Crippen molar-refractivity contribution in [3.8, 4) is 5.88 Å². The molecule has 1 N–H and O–H groups in total. The molecule has 134 valence electrons. The molecular formula is C19H25N3O3. The average Bonchev–Trinajstić information content (AvgIpc) is 2.60. The first-order valence-electron chi connectivity index (χ1n) is 8.64. The SMILES string of the molecule is COCCOc1ccc2c(N3CC(C)N[C@H](C)C3)ccc(C=O)c2n1. The Hall–Kier alpha value is -2.18. The van der Waals surface area contributed by atoms with E-state index in [0.29, 0.717) is 42.3 Å². The minimum atomic E-state index is 0.411. The molecule has 1 fully saturated rings. The van der Waals surface area contributed by atoms with Crippen molar-refractivity contribution in [3.05, 3.63) is 29.8 Å². The Balaban J connectivity index is 1.98. The number of carbonyl (C=O) groups is 1. The first kappa shape index (κ1) is 17.6. The standard InChI is InChI=1S/C19H25N3O3/c1-13-10-22(11-14(2)20-13)17-6-4-15(12-23)19-16(17)5-7-18(21-19)25-9-8-24-3/h4-7,12-14,20H,8-11H2,1-3H3/t13-,14?/m1/s1. The van der Waals surface area contributed by atoms with Crippen LogP contribution in [0.25, 0.3) is 10.9 Å². The summed E-state index contributed by atoms with van der Waals surface area (Å²) in [5.74, 6) is 0.506. The van der Waals surface area contributed by atoms with Gasteiger partial charge in [0, 0.05) is 55.0 Å². The topological polar surface area (TPSA) is 63.7 Å². The van der Waals surface area contributed by atoms with Gasteiger partial charge in [-0.1, -0.05) is 0 Å². The molecular weight excluding hydrogens is 318 g/mol. The first-order chi connectivity index (χ1) is 12.1. The summed E-state index contributed by atoms with van der Waals surface area (Å²) in [4.78, 5) is 18.4. The Morgan fingerprint density at radius 1 is 1.20 bits per heavy atom. The number of fused-ring (bicyclic) bond motifs is 1. The molecule has 2 heterocycles. The van der Waals surface area contributed by atoms with Crippen molar-refractivity contribution in [2.75, 3.05) is 38.3 Å². The van der Waals surface area contributed by atoms with Crippen LogP contribution in [0.15, 0.2) is 24.3 Å². The Morgan fingerprint density at radius 3 is 2.64 bits per heavy atom. The summed E-state index contributed by atoms with van der Waals surface area (Å²) < 4.78 is 10.6. The van der Waals surface area contributed by atoms with Gasteiger partial charge < -0.3 is 19.7 Å². The molecule has 1 unspecified atom stereocenters. The zero-order valence-corrected chi connectivity index (χ0v) is 15.0. The Bertz CT molecular complexity index is 740. The first-order valence-corrected chi connectivity index (χ1v) is 8.64. The van der Waals surface area contributed by atoms with Crippen molar-refractivity contribution in [1.29, 1.82) is 0 Å². The predicted octanol–water partition coefficient (Wildman–Crippen LogP) is 2.26. The average molecular weight is 343 g/mol. The van der Waals surface area contributed by atoms with E-state index >= 15 is 0 Å². The second kappa shape index (κ2) is 7.80. The summed E-state index contributed by atoms with van der Waals surface area (Å²) in [5.41, 5.74) is 2.37. The number of hydrogen-bond donors (Lipinski definition) is 1. The van der Waals surface area contributed by atoms with Crippen molar-refractivity contribution in [3.63, 3.8) is 0 Å². The van der Waals surface area contributed by atoms with Gasteiger partial charge in [-0.2, -0.15) is 0 Å². The summed E-state index contributed by atoms with van der Waals surface area (Å²) in [6.45, 7) is 7.14. The number of methoxy groups -OCH3 is 1. The lowest BCUT2D eigenvalue weighted by Gasteiger charge is -2.38. The van der Waals surface area contributed by atoms with E-state index in [0.717, 1.165) is 30.4 Å². The lowest BCUT2D eigenvalue weighted by molar-refractivity contribution is 0.112. The van der Waals surface area contributed by atoms with Crippen LogP contribution in [0.1, 0.15) is 24.2 Å². The maximum absolute atomic E-state index is 11.5. The maximum Gasteiger partial charge on any atom is 0.213 e. The normalized spacial score (nSPS) is 20.7. The van der Waals surface area contributed by atoms with Gasteiger partial charge in [-0.25, -0.2) is 4.98 Å². The smallest absolute Gasteiger partial charge is 0.213 e. The van der Waals surface area contributed by atoms with E-state index in [1.165, 1.54) is 0 Å². The van der Waals surface area contributed by atoms with Gasteiger partial charge in [-0.15, -0.1) is 0 Å². The third-order valence-electron chi connectivity index (χ3n) is 4.40. The minimum Gasteiger partial charge on any atom is -0.475 e. The quantitative estimate of drug-likeness (QED) is 0.641. The summed E-state index contributed by atoms with van der Waals surface area (Å²) in [5, 5.41) is 4.52. The van der Waals surface area contributed by atoms with Crippen LogP contribution < -0.4 is 15.0 Å².